The molecule has 0 heterocycles. The monoisotopic (exact) mass is 526 g/mol. The molecule has 0 atom stereocenters. The lowest BCUT2D eigenvalue weighted by Gasteiger charge is -2.15. The quantitative estimate of drug-likeness (QED) is 0.413. The molecule has 3 rings (SSSR count). The van der Waals surface area contributed by atoms with Crippen molar-refractivity contribution in [3.63, 3.8) is 0 Å². The second-order valence-electron chi connectivity index (χ2n) is 6.28. The second kappa shape index (κ2) is 9.67. The molecule has 0 spiro atoms. The van der Waals surface area contributed by atoms with Crippen LogP contribution >= 0.6 is 27.5 Å². The molecular weight excluding hydrogens is 511 g/mol. The van der Waals surface area contributed by atoms with Gasteiger partial charge in [-0.15, -0.1) is 0 Å². The third kappa shape index (κ3) is 5.75. The molecule has 0 saturated heterocycles. The van der Waals surface area contributed by atoms with E-state index in [9.17, 15) is 17.6 Å². The van der Waals surface area contributed by atoms with E-state index in [1.165, 1.54) is 42.5 Å². The first-order chi connectivity index (χ1) is 14.7. The summed E-state index contributed by atoms with van der Waals surface area (Å²) in [5.41, 5.74) is 0.278. The van der Waals surface area contributed by atoms with Gasteiger partial charge >= 0.3 is 0 Å². The second-order valence-corrected chi connectivity index (χ2v) is 9.32. The van der Waals surface area contributed by atoms with Crippen molar-refractivity contribution in [3.8, 4) is 5.75 Å². The number of rotatable bonds is 7. The predicted octanol–water partition coefficient (Wildman–Crippen LogP) is 5.69. The van der Waals surface area contributed by atoms with Crippen molar-refractivity contribution >= 4 is 54.8 Å². The van der Waals surface area contributed by atoms with Gasteiger partial charge in [0, 0.05) is 15.1 Å². The first-order valence-corrected chi connectivity index (χ1v) is 11.7. The van der Waals surface area contributed by atoms with Crippen LogP contribution in [0.4, 0.5) is 15.8 Å². The van der Waals surface area contributed by atoms with Crippen LogP contribution in [0.5, 0.6) is 5.75 Å². The maximum atomic E-state index is 14.1. The van der Waals surface area contributed by atoms with Gasteiger partial charge in [0.15, 0.2) is 0 Å². The molecule has 3 aromatic rings. The Hall–Kier alpha value is -2.62. The van der Waals surface area contributed by atoms with Crippen LogP contribution in [0.2, 0.25) is 5.02 Å². The van der Waals surface area contributed by atoms with Crippen molar-refractivity contribution < 1.29 is 22.3 Å². The number of hydrogen-bond donors (Lipinski definition) is 2. The number of amides is 1. The molecule has 0 aliphatic carbocycles. The minimum absolute atomic E-state index is 0.154. The average Bonchev–Trinajstić information content (AvgIpc) is 2.72. The number of ether oxygens (including phenoxy) is 1. The number of anilines is 2. The zero-order valence-electron chi connectivity index (χ0n) is 16.2. The molecule has 0 aliphatic rings. The lowest BCUT2D eigenvalue weighted by Crippen LogP contribution is -2.16. The van der Waals surface area contributed by atoms with Crippen LogP contribution in [0.1, 0.15) is 17.3 Å². The normalized spacial score (nSPS) is 11.1. The topological polar surface area (TPSA) is 84.5 Å². The summed E-state index contributed by atoms with van der Waals surface area (Å²) in [7, 11) is -4.14. The Morgan fingerprint density at radius 3 is 2.42 bits per heavy atom. The molecule has 10 heteroatoms. The molecule has 2 N–H and O–H groups in total. The van der Waals surface area contributed by atoms with Crippen LogP contribution in [-0.2, 0) is 10.0 Å². The van der Waals surface area contributed by atoms with E-state index in [0.29, 0.717) is 27.4 Å². The molecule has 3 aromatic carbocycles. The maximum Gasteiger partial charge on any atom is 0.262 e. The van der Waals surface area contributed by atoms with E-state index in [2.05, 4.69) is 26.0 Å². The van der Waals surface area contributed by atoms with Gasteiger partial charge in [-0.3, -0.25) is 9.52 Å². The molecule has 0 bridgehead atoms. The third-order valence-corrected chi connectivity index (χ3v) is 6.20. The van der Waals surface area contributed by atoms with Gasteiger partial charge in [0.05, 0.1) is 22.9 Å². The van der Waals surface area contributed by atoms with E-state index in [1.54, 1.807) is 19.1 Å². The zero-order chi connectivity index (χ0) is 22.6. The van der Waals surface area contributed by atoms with Gasteiger partial charge in [-0.1, -0.05) is 27.5 Å². The first kappa shape index (κ1) is 23.1. The summed E-state index contributed by atoms with van der Waals surface area (Å²) in [5, 5.41) is 3.12. The van der Waals surface area contributed by atoms with Crippen LogP contribution in [0.15, 0.2) is 70.0 Å². The number of sulfonamides is 1. The van der Waals surface area contributed by atoms with E-state index < -0.39 is 21.7 Å². The average molecular weight is 528 g/mol. The highest BCUT2D eigenvalue weighted by atomic mass is 79.9. The summed E-state index contributed by atoms with van der Waals surface area (Å²) in [4.78, 5) is 12.4. The van der Waals surface area contributed by atoms with E-state index in [1.807, 2.05) is 0 Å². The molecule has 0 unspecified atom stereocenters. The fraction of sp³-hybridized carbons (Fsp3) is 0.0952. The maximum absolute atomic E-state index is 14.1. The summed E-state index contributed by atoms with van der Waals surface area (Å²) in [6.07, 6.45) is 0. The number of carbonyl (C=O) groups excluding carboxylic acids is 1. The standard InChI is InChI=1S/C21H17BrClFN2O4S/c1-2-30-20-10-8-16(31(28,29)26-18-9-5-14(22)11-17(18)24)12-19(20)25-21(27)13-3-6-15(23)7-4-13/h3-12,26H,2H2,1H3,(H,25,27). The Morgan fingerprint density at radius 1 is 1.06 bits per heavy atom. The molecule has 0 fully saturated rings. The molecule has 6 nitrogen and oxygen atoms in total. The minimum atomic E-state index is -4.14. The molecule has 1 amide bonds. The smallest absolute Gasteiger partial charge is 0.262 e. The summed E-state index contributed by atoms with van der Waals surface area (Å²) in [6.45, 7) is 2.06. The Balaban J connectivity index is 1.92. The number of carbonyl (C=O) groups is 1. The number of nitrogens with one attached hydrogen (secondary N) is 2. The third-order valence-electron chi connectivity index (χ3n) is 4.09. The SMILES string of the molecule is CCOc1ccc(S(=O)(=O)Nc2ccc(Br)cc2F)cc1NC(=O)c1ccc(Cl)cc1. The Bertz CT molecular complexity index is 1220. The van der Waals surface area contributed by atoms with E-state index >= 15 is 0 Å². The zero-order valence-corrected chi connectivity index (χ0v) is 19.3. The number of hydrogen-bond acceptors (Lipinski definition) is 4. The fourth-order valence-electron chi connectivity index (χ4n) is 2.63. The summed E-state index contributed by atoms with van der Waals surface area (Å²) < 4.78 is 47.9. The molecule has 162 valence electrons. The van der Waals surface area contributed by atoms with Crippen LogP contribution < -0.4 is 14.8 Å². The van der Waals surface area contributed by atoms with E-state index in [-0.39, 0.29) is 16.3 Å². The largest absolute Gasteiger partial charge is 0.492 e. The van der Waals surface area contributed by atoms with Crippen LogP contribution in [0.25, 0.3) is 0 Å². The summed E-state index contributed by atoms with van der Waals surface area (Å²) in [5.74, 6) is -0.919. The van der Waals surface area contributed by atoms with Gasteiger partial charge in [-0.05, 0) is 67.6 Å². The highest BCUT2D eigenvalue weighted by Crippen LogP contribution is 2.30. The van der Waals surface area contributed by atoms with Crippen LogP contribution in [0.3, 0.4) is 0 Å². The lowest BCUT2D eigenvalue weighted by molar-refractivity contribution is 0.102. The van der Waals surface area contributed by atoms with Crippen molar-refractivity contribution in [1.82, 2.24) is 0 Å². The number of benzene rings is 3. The molecule has 0 saturated carbocycles. The minimum Gasteiger partial charge on any atom is -0.492 e. The summed E-state index contributed by atoms with van der Waals surface area (Å²) in [6, 6.07) is 14.1. The van der Waals surface area contributed by atoms with E-state index in [4.69, 9.17) is 16.3 Å². The van der Waals surface area contributed by atoms with Gasteiger partial charge in [0.25, 0.3) is 15.9 Å². The Labute approximate surface area is 192 Å². The molecule has 0 radical (unpaired) electrons. The fourth-order valence-corrected chi connectivity index (χ4v) is 4.18. The van der Waals surface area contributed by atoms with Crippen molar-refractivity contribution in [2.24, 2.45) is 0 Å². The highest BCUT2D eigenvalue weighted by Gasteiger charge is 2.20. The molecule has 0 aliphatic heterocycles. The molecule has 31 heavy (non-hydrogen) atoms. The Kier molecular flexibility index (Phi) is 7.19. The van der Waals surface area contributed by atoms with Crippen molar-refractivity contribution in [2.45, 2.75) is 11.8 Å². The van der Waals surface area contributed by atoms with Gasteiger partial charge in [0.1, 0.15) is 11.6 Å². The molecule has 0 aromatic heterocycles. The van der Waals surface area contributed by atoms with Crippen LogP contribution in [-0.4, -0.2) is 20.9 Å². The number of halogens is 3. The van der Waals surface area contributed by atoms with Crippen molar-refractivity contribution in [2.75, 3.05) is 16.6 Å². The van der Waals surface area contributed by atoms with Crippen LogP contribution in [0, 0.1) is 5.82 Å². The van der Waals surface area contributed by atoms with Gasteiger partial charge in [-0.25, -0.2) is 12.8 Å². The summed E-state index contributed by atoms with van der Waals surface area (Å²) >= 11 is 8.97. The van der Waals surface area contributed by atoms with Gasteiger partial charge in [-0.2, -0.15) is 0 Å². The van der Waals surface area contributed by atoms with E-state index in [0.717, 1.165) is 6.07 Å². The Morgan fingerprint density at radius 2 is 1.77 bits per heavy atom. The van der Waals surface area contributed by atoms with Gasteiger partial charge in [0.2, 0.25) is 0 Å². The molecular formula is C21H17BrClFN2O4S. The first-order valence-electron chi connectivity index (χ1n) is 9.01. The van der Waals surface area contributed by atoms with Crippen molar-refractivity contribution in [1.29, 1.82) is 0 Å². The van der Waals surface area contributed by atoms with Gasteiger partial charge < -0.3 is 10.1 Å². The highest BCUT2D eigenvalue weighted by molar-refractivity contribution is 9.10. The lowest BCUT2D eigenvalue weighted by atomic mass is 10.2. The van der Waals surface area contributed by atoms with Crippen molar-refractivity contribution in [3.05, 3.63) is 81.5 Å². The predicted molar refractivity (Wildman–Crippen MR) is 122 cm³/mol.